The smallest absolute Gasteiger partial charge is 0.165 e. The van der Waals surface area contributed by atoms with Gasteiger partial charge in [0, 0.05) is 10.0 Å². The molecule has 0 spiro atoms. The van der Waals surface area contributed by atoms with Gasteiger partial charge in [-0.15, -0.1) is 0 Å². The number of aliphatic hydroxyl groups is 1. The second kappa shape index (κ2) is 3.93. The van der Waals surface area contributed by atoms with Crippen molar-refractivity contribution in [3.63, 3.8) is 0 Å². The Morgan fingerprint density at radius 2 is 2.12 bits per heavy atom. The minimum Gasteiger partial charge on any atom is -0.504 e. The quantitative estimate of drug-likeness (QED) is 0.898. The minimum absolute atomic E-state index is 0.0478. The van der Waals surface area contributed by atoms with Crippen LogP contribution >= 0.6 is 15.9 Å². The van der Waals surface area contributed by atoms with Gasteiger partial charge >= 0.3 is 0 Å². The molecule has 0 atom stereocenters. The molecule has 0 heterocycles. The number of aryl methyl sites for hydroxylation is 1. The van der Waals surface area contributed by atoms with E-state index in [9.17, 15) is 10.2 Å². The van der Waals surface area contributed by atoms with Crippen LogP contribution in [0.2, 0.25) is 0 Å². The van der Waals surface area contributed by atoms with Crippen LogP contribution in [0.25, 0.3) is 0 Å². The van der Waals surface area contributed by atoms with Gasteiger partial charge in [0.15, 0.2) is 11.5 Å². The van der Waals surface area contributed by atoms with E-state index in [0.29, 0.717) is 24.2 Å². The highest BCUT2D eigenvalue weighted by Crippen LogP contribution is 2.54. The summed E-state index contributed by atoms with van der Waals surface area (Å²) in [5.74, 6) is 0.474. The van der Waals surface area contributed by atoms with Crippen molar-refractivity contribution in [2.45, 2.75) is 31.8 Å². The predicted octanol–water partition coefficient (Wildman–Crippen LogP) is 2.71. The molecular weight excluding hydrogens is 272 g/mol. The van der Waals surface area contributed by atoms with E-state index < -0.39 is 5.60 Å². The lowest BCUT2D eigenvalue weighted by Gasteiger charge is -2.18. The van der Waals surface area contributed by atoms with E-state index in [0.717, 1.165) is 16.5 Å². The number of benzene rings is 1. The summed E-state index contributed by atoms with van der Waals surface area (Å²) >= 11 is 3.46. The van der Waals surface area contributed by atoms with Crippen LogP contribution in [0.15, 0.2) is 10.5 Å². The average Bonchev–Trinajstić information content (AvgIpc) is 2.98. The molecule has 3 nitrogen and oxygen atoms in total. The van der Waals surface area contributed by atoms with Gasteiger partial charge in [-0.3, -0.25) is 0 Å². The lowest BCUT2D eigenvalue weighted by molar-refractivity contribution is 0.146. The molecule has 0 aromatic heterocycles. The summed E-state index contributed by atoms with van der Waals surface area (Å²) in [5, 5.41) is 20.2. The number of methoxy groups -OCH3 is 1. The summed E-state index contributed by atoms with van der Waals surface area (Å²) in [5.41, 5.74) is 0.732. The molecule has 2 N–H and O–H groups in total. The summed E-state index contributed by atoms with van der Waals surface area (Å²) in [4.78, 5) is 0. The van der Waals surface area contributed by atoms with E-state index in [4.69, 9.17) is 4.74 Å². The molecule has 1 aliphatic carbocycles. The number of hydrogen-bond acceptors (Lipinski definition) is 3. The van der Waals surface area contributed by atoms with Crippen LogP contribution in [0.4, 0.5) is 0 Å². The third-order valence-corrected chi connectivity index (χ3v) is 3.97. The van der Waals surface area contributed by atoms with E-state index in [2.05, 4.69) is 15.9 Å². The largest absolute Gasteiger partial charge is 0.504 e. The zero-order valence-corrected chi connectivity index (χ0v) is 11.0. The van der Waals surface area contributed by atoms with Crippen LogP contribution in [0.3, 0.4) is 0 Å². The molecule has 1 aromatic carbocycles. The van der Waals surface area contributed by atoms with Gasteiger partial charge in [-0.2, -0.15) is 0 Å². The van der Waals surface area contributed by atoms with E-state index in [-0.39, 0.29) is 5.75 Å². The highest BCUT2D eigenvalue weighted by atomic mass is 79.9. The van der Waals surface area contributed by atoms with Crippen LogP contribution in [-0.2, 0) is 12.0 Å². The molecule has 0 aliphatic heterocycles. The SMILES string of the molecule is CCc1cc(OC)c(O)c(C2(O)CC2)c1Br. The van der Waals surface area contributed by atoms with Crippen LogP contribution in [0.5, 0.6) is 11.5 Å². The molecule has 88 valence electrons. The first-order valence-electron chi connectivity index (χ1n) is 5.34. The Morgan fingerprint density at radius 3 is 2.56 bits per heavy atom. The number of hydrogen-bond donors (Lipinski definition) is 2. The summed E-state index contributed by atoms with van der Waals surface area (Å²) in [7, 11) is 1.52. The van der Waals surface area contributed by atoms with Crippen molar-refractivity contribution in [3.8, 4) is 11.5 Å². The van der Waals surface area contributed by atoms with Gasteiger partial charge in [0.25, 0.3) is 0 Å². The molecule has 16 heavy (non-hydrogen) atoms. The fraction of sp³-hybridized carbons (Fsp3) is 0.500. The molecule has 2 rings (SSSR count). The molecule has 0 unspecified atom stereocenters. The summed E-state index contributed by atoms with van der Waals surface area (Å²) < 4.78 is 5.92. The summed E-state index contributed by atoms with van der Waals surface area (Å²) in [6.07, 6.45) is 2.20. The lowest BCUT2D eigenvalue weighted by atomic mass is 10.0. The van der Waals surface area contributed by atoms with Crippen molar-refractivity contribution in [1.29, 1.82) is 0 Å². The molecule has 1 saturated carbocycles. The standard InChI is InChI=1S/C12H15BrO3/c1-3-7-6-8(16-2)11(14)9(10(7)13)12(15)4-5-12/h6,14-15H,3-5H2,1-2H3. The van der Waals surface area contributed by atoms with Gasteiger partial charge in [0.05, 0.1) is 12.7 Å². The second-order valence-corrected chi connectivity index (χ2v) is 4.95. The molecule has 0 bridgehead atoms. The first kappa shape index (κ1) is 11.7. The Hall–Kier alpha value is -0.740. The summed E-state index contributed by atoms with van der Waals surface area (Å²) in [6.45, 7) is 2.03. The van der Waals surface area contributed by atoms with E-state index >= 15 is 0 Å². The second-order valence-electron chi connectivity index (χ2n) is 4.16. The van der Waals surface area contributed by atoms with E-state index in [1.54, 1.807) is 6.07 Å². The number of aromatic hydroxyl groups is 1. The zero-order chi connectivity index (χ0) is 11.9. The third kappa shape index (κ3) is 1.70. The maximum atomic E-state index is 10.2. The van der Waals surface area contributed by atoms with Crippen molar-refractivity contribution < 1.29 is 14.9 Å². The Morgan fingerprint density at radius 1 is 1.50 bits per heavy atom. The Bertz CT molecular complexity index is 397. The van der Waals surface area contributed by atoms with Crippen molar-refractivity contribution >= 4 is 15.9 Å². The van der Waals surface area contributed by atoms with Gasteiger partial charge in [0.1, 0.15) is 0 Å². The molecule has 0 saturated heterocycles. The van der Waals surface area contributed by atoms with Gasteiger partial charge in [-0.05, 0) is 46.8 Å². The topological polar surface area (TPSA) is 49.7 Å². The normalized spacial score (nSPS) is 17.2. The van der Waals surface area contributed by atoms with Gasteiger partial charge in [-0.1, -0.05) is 6.92 Å². The predicted molar refractivity (Wildman–Crippen MR) is 64.9 cm³/mol. The zero-order valence-electron chi connectivity index (χ0n) is 9.38. The van der Waals surface area contributed by atoms with Crippen LogP contribution in [-0.4, -0.2) is 17.3 Å². The number of ether oxygens (including phenoxy) is 1. The maximum absolute atomic E-state index is 10.2. The fourth-order valence-electron chi connectivity index (χ4n) is 1.88. The van der Waals surface area contributed by atoms with Crippen molar-refractivity contribution in [2.24, 2.45) is 0 Å². The number of phenols is 1. The van der Waals surface area contributed by atoms with Gasteiger partial charge < -0.3 is 14.9 Å². The van der Waals surface area contributed by atoms with Crippen LogP contribution in [0, 0.1) is 0 Å². The highest BCUT2D eigenvalue weighted by molar-refractivity contribution is 9.10. The molecule has 1 fully saturated rings. The van der Waals surface area contributed by atoms with Crippen LogP contribution in [0.1, 0.15) is 30.9 Å². The Kier molecular flexibility index (Phi) is 2.88. The molecule has 1 aliphatic rings. The molecule has 0 radical (unpaired) electrons. The van der Waals surface area contributed by atoms with Crippen molar-refractivity contribution in [2.75, 3.05) is 7.11 Å². The van der Waals surface area contributed by atoms with Crippen molar-refractivity contribution in [1.82, 2.24) is 0 Å². The Balaban J connectivity index is 2.64. The van der Waals surface area contributed by atoms with E-state index in [1.165, 1.54) is 7.11 Å². The lowest BCUT2D eigenvalue weighted by Crippen LogP contribution is -2.08. The van der Waals surface area contributed by atoms with E-state index in [1.807, 2.05) is 6.92 Å². The molecule has 1 aromatic rings. The molecule has 0 amide bonds. The highest BCUT2D eigenvalue weighted by Gasteiger charge is 2.46. The first-order chi connectivity index (χ1) is 7.53. The number of rotatable bonds is 3. The molecule has 4 heteroatoms. The maximum Gasteiger partial charge on any atom is 0.165 e. The fourth-order valence-corrected chi connectivity index (χ4v) is 2.84. The monoisotopic (exact) mass is 286 g/mol. The van der Waals surface area contributed by atoms with Gasteiger partial charge in [0.2, 0.25) is 0 Å². The summed E-state index contributed by atoms with van der Waals surface area (Å²) in [6, 6.07) is 1.80. The minimum atomic E-state index is -0.874. The number of phenolic OH excluding ortho intramolecular Hbond substituents is 1. The van der Waals surface area contributed by atoms with Gasteiger partial charge in [-0.25, -0.2) is 0 Å². The Labute approximate surface area is 103 Å². The van der Waals surface area contributed by atoms with Crippen LogP contribution < -0.4 is 4.74 Å². The third-order valence-electron chi connectivity index (χ3n) is 3.07. The van der Waals surface area contributed by atoms with Crippen molar-refractivity contribution in [3.05, 3.63) is 21.7 Å². The first-order valence-corrected chi connectivity index (χ1v) is 6.14. The number of halogens is 1. The average molecular weight is 287 g/mol. The molecular formula is C12H15BrO3.